The molecule has 2 N–H and O–H groups in total. The molecule has 0 aliphatic carbocycles. The summed E-state index contributed by atoms with van der Waals surface area (Å²) in [5.74, 6) is 0. The lowest BCUT2D eigenvalue weighted by Gasteiger charge is -2.12. The van der Waals surface area contributed by atoms with Crippen LogP contribution in [0.2, 0.25) is 0 Å². The van der Waals surface area contributed by atoms with E-state index in [1.165, 1.54) is 12.1 Å². The first-order valence-corrected chi connectivity index (χ1v) is 7.34. The quantitative estimate of drug-likeness (QED) is 0.420. The summed E-state index contributed by atoms with van der Waals surface area (Å²) in [5.41, 5.74) is 1.46. The topological polar surface area (TPSA) is 67.2 Å². The molecule has 0 fully saturated rings. The van der Waals surface area contributed by atoms with Crippen LogP contribution in [0.3, 0.4) is 0 Å². The van der Waals surface area contributed by atoms with Gasteiger partial charge in [-0.15, -0.1) is 0 Å². The van der Waals surface area contributed by atoms with Crippen molar-refractivity contribution in [2.75, 3.05) is 10.6 Å². The van der Waals surface area contributed by atoms with Gasteiger partial charge in [-0.1, -0.05) is 42.5 Å². The third-order valence-corrected chi connectivity index (χ3v) is 3.56. The normalized spacial score (nSPS) is 10.3. The van der Waals surface area contributed by atoms with Gasteiger partial charge in [0.2, 0.25) is 0 Å². The van der Waals surface area contributed by atoms with E-state index in [1.54, 1.807) is 12.1 Å². The minimum absolute atomic E-state index is 0.0166. The molecule has 23 heavy (non-hydrogen) atoms. The molecule has 3 aromatic rings. The van der Waals surface area contributed by atoms with Gasteiger partial charge in [-0.25, -0.2) is 0 Å². The number of nitro groups is 1. The van der Waals surface area contributed by atoms with Gasteiger partial charge in [0.05, 0.1) is 4.92 Å². The van der Waals surface area contributed by atoms with Crippen LogP contribution < -0.4 is 10.6 Å². The lowest BCUT2D eigenvalue weighted by atomic mass is 10.1. The largest absolute Gasteiger partial charge is 0.332 e. The Hall–Kier alpha value is -2.99. The summed E-state index contributed by atoms with van der Waals surface area (Å²) < 4.78 is 0. The molecule has 0 aliphatic rings. The predicted molar refractivity (Wildman–Crippen MR) is 96.9 cm³/mol. The van der Waals surface area contributed by atoms with E-state index in [2.05, 4.69) is 10.6 Å². The van der Waals surface area contributed by atoms with Gasteiger partial charge in [-0.05, 0) is 29.7 Å². The van der Waals surface area contributed by atoms with Crippen molar-refractivity contribution in [2.24, 2.45) is 0 Å². The molecule has 0 bridgehead atoms. The fraction of sp³-hybridized carbons (Fsp3) is 0. The van der Waals surface area contributed by atoms with Gasteiger partial charge in [-0.2, -0.15) is 0 Å². The molecule has 6 heteroatoms. The summed E-state index contributed by atoms with van der Waals surface area (Å²) >= 11 is 5.30. The van der Waals surface area contributed by atoms with Crippen LogP contribution in [0.4, 0.5) is 17.1 Å². The van der Waals surface area contributed by atoms with Crippen molar-refractivity contribution in [1.82, 2.24) is 0 Å². The van der Waals surface area contributed by atoms with Gasteiger partial charge in [0.25, 0.3) is 5.69 Å². The number of nitrogens with zero attached hydrogens (tertiary/aromatic N) is 1. The molecule has 0 aliphatic heterocycles. The Bertz CT molecular complexity index is 890. The van der Waals surface area contributed by atoms with E-state index in [4.69, 9.17) is 12.2 Å². The maximum atomic E-state index is 10.8. The number of rotatable bonds is 3. The lowest BCUT2D eigenvalue weighted by Crippen LogP contribution is -2.19. The molecule has 0 unspecified atom stereocenters. The van der Waals surface area contributed by atoms with Gasteiger partial charge in [0, 0.05) is 28.9 Å². The van der Waals surface area contributed by atoms with Gasteiger partial charge in [0.1, 0.15) is 0 Å². The van der Waals surface area contributed by atoms with Gasteiger partial charge < -0.3 is 10.6 Å². The lowest BCUT2D eigenvalue weighted by molar-refractivity contribution is -0.384. The van der Waals surface area contributed by atoms with Crippen LogP contribution in [-0.2, 0) is 0 Å². The highest BCUT2D eigenvalue weighted by Gasteiger charge is 2.07. The molecule has 0 heterocycles. The minimum Gasteiger partial charge on any atom is -0.332 e. The van der Waals surface area contributed by atoms with Crippen molar-refractivity contribution in [3.8, 4) is 0 Å². The van der Waals surface area contributed by atoms with Crippen molar-refractivity contribution >= 4 is 45.2 Å². The Kier molecular flexibility index (Phi) is 4.16. The first-order chi connectivity index (χ1) is 11.1. The van der Waals surface area contributed by atoms with E-state index >= 15 is 0 Å². The van der Waals surface area contributed by atoms with Crippen LogP contribution in [0.5, 0.6) is 0 Å². The molecule has 0 aromatic heterocycles. The number of thiocarbonyl (C=S) groups is 1. The van der Waals surface area contributed by atoms with Gasteiger partial charge in [-0.3, -0.25) is 10.1 Å². The highest BCUT2D eigenvalue weighted by molar-refractivity contribution is 7.80. The molecule has 3 rings (SSSR count). The summed E-state index contributed by atoms with van der Waals surface area (Å²) in [5, 5.41) is 19.4. The Labute approximate surface area is 138 Å². The second-order valence-corrected chi connectivity index (χ2v) is 5.32. The summed E-state index contributed by atoms with van der Waals surface area (Å²) in [6.07, 6.45) is 0. The minimum atomic E-state index is -0.438. The zero-order chi connectivity index (χ0) is 16.2. The number of hydrogen-bond acceptors (Lipinski definition) is 3. The Morgan fingerprint density at radius 2 is 1.70 bits per heavy atom. The average Bonchev–Trinajstić information content (AvgIpc) is 2.55. The second-order valence-electron chi connectivity index (χ2n) is 4.91. The Balaban J connectivity index is 1.79. The molecular formula is C17H13N3O2S. The molecule has 0 saturated heterocycles. The van der Waals surface area contributed by atoms with Crippen LogP contribution in [0, 0.1) is 10.1 Å². The molecule has 114 valence electrons. The van der Waals surface area contributed by atoms with E-state index in [1.807, 2.05) is 42.5 Å². The SMILES string of the molecule is O=[N+]([O-])c1cccc(NC(=S)Nc2cccc3ccccc23)c1. The van der Waals surface area contributed by atoms with Crippen molar-refractivity contribution < 1.29 is 4.92 Å². The van der Waals surface area contributed by atoms with Crippen LogP contribution in [-0.4, -0.2) is 10.0 Å². The van der Waals surface area contributed by atoms with E-state index in [0.717, 1.165) is 16.5 Å². The summed E-state index contributed by atoms with van der Waals surface area (Å²) in [7, 11) is 0. The first kappa shape index (κ1) is 14.9. The van der Waals surface area contributed by atoms with E-state index < -0.39 is 4.92 Å². The van der Waals surface area contributed by atoms with E-state index in [9.17, 15) is 10.1 Å². The van der Waals surface area contributed by atoms with Crippen LogP contribution in [0.25, 0.3) is 10.8 Å². The van der Waals surface area contributed by atoms with Crippen molar-refractivity contribution in [3.63, 3.8) is 0 Å². The van der Waals surface area contributed by atoms with E-state index in [0.29, 0.717) is 10.8 Å². The van der Waals surface area contributed by atoms with Crippen molar-refractivity contribution in [1.29, 1.82) is 0 Å². The zero-order valence-corrected chi connectivity index (χ0v) is 12.8. The molecule has 0 radical (unpaired) electrons. The van der Waals surface area contributed by atoms with Crippen molar-refractivity contribution in [2.45, 2.75) is 0 Å². The molecule has 3 aromatic carbocycles. The monoisotopic (exact) mass is 323 g/mol. The van der Waals surface area contributed by atoms with Gasteiger partial charge in [0.15, 0.2) is 5.11 Å². The average molecular weight is 323 g/mol. The van der Waals surface area contributed by atoms with Gasteiger partial charge >= 0.3 is 0 Å². The standard InChI is InChI=1S/C17H13N3O2S/c21-20(22)14-8-4-7-13(11-14)18-17(23)19-16-10-3-6-12-5-1-2-9-15(12)16/h1-11H,(H2,18,19,23). The summed E-state index contributed by atoms with van der Waals surface area (Å²) in [4.78, 5) is 10.4. The number of benzene rings is 3. The van der Waals surface area contributed by atoms with Crippen molar-refractivity contribution in [3.05, 3.63) is 76.8 Å². The smallest absolute Gasteiger partial charge is 0.271 e. The van der Waals surface area contributed by atoms with Crippen LogP contribution >= 0.6 is 12.2 Å². The molecule has 0 spiro atoms. The third-order valence-electron chi connectivity index (χ3n) is 3.35. The van der Waals surface area contributed by atoms with Crippen LogP contribution in [0.15, 0.2) is 66.7 Å². The maximum Gasteiger partial charge on any atom is 0.271 e. The molecule has 0 amide bonds. The molecule has 0 saturated carbocycles. The molecule has 5 nitrogen and oxygen atoms in total. The predicted octanol–water partition coefficient (Wildman–Crippen LogP) is 4.56. The Morgan fingerprint density at radius 1 is 0.957 bits per heavy atom. The fourth-order valence-electron chi connectivity index (χ4n) is 2.32. The molecular weight excluding hydrogens is 310 g/mol. The first-order valence-electron chi connectivity index (χ1n) is 6.94. The zero-order valence-electron chi connectivity index (χ0n) is 12.0. The highest BCUT2D eigenvalue weighted by Crippen LogP contribution is 2.23. The third kappa shape index (κ3) is 3.44. The number of anilines is 2. The molecule has 0 atom stereocenters. The van der Waals surface area contributed by atoms with Crippen LogP contribution in [0.1, 0.15) is 0 Å². The highest BCUT2D eigenvalue weighted by atomic mass is 32.1. The number of nitro benzene ring substituents is 1. The number of nitrogens with one attached hydrogen (secondary N) is 2. The number of non-ortho nitro benzene ring substituents is 1. The summed E-state index contributed by atoms with van der Waals surface area (Å²) in [6, 6.07) is 20.1. The second kappa shape index (κ2) is 6.41. The van der Waals surface area contributed by atoms with E-state index in [-0.39, 0.29) is 5.69 Å². The maximum absolute atomic E-state index is 10.8. The fourth-order valence-corrected chi connectivity index (χ4v) is 2.54. The Morgan fingerprint density at radius 3 is 2.52 bits per heavy atom. The summed E-state index contributed by atoms with van der Waals surface area (Å²) in [6.45, 7) is 0. The number of hydrogen-bond donors (Lipinski definition) is 2. The number of fused-ring (bicyclic) bond motifs is 1.